The van der Waals surface area contributed by atoms with Gasteiger partial charge in [-0.15, -0.1) is 0 Å². The maximum atomic E-state index is 11.5. The van der Waals surface area contributed by atoms with Gasteiger partial charge in [0.25, 0.3) is 0 Å². The van der Waals surface area contributed by atoms with E-state index in [0.29, 0.717) is 28.9 Å². The first kappa shape index (κ1) is 20.7. The molecule has 27 heavy (non-hydrogen) atoms. The highest BCUT2D eigenvalue weighted by Gasteiger charge is 2.10. The van der Waals surface area contributed by atoms with Gasteiger partial charge in [-0.3, -0.25) is 9.59 Å². The molecule has 2 aromatic rings. The number of hydrogen-bond acceptors (Lipinski definition) is 4. The number of carbonyl (C=O) groups excluding carboxylic acids is 2. The summed E-state index contributed by atoms with van der Waals surface area (Å²) in [5, 5.41) is 7.20. The van der Waals surface area contributed by atoms with E-state index in [1.54, 1.807) is 36.4 Å². The minimum absolute atomic E-state index is 0.354. The number of benzene rings is 2. The van der Waals surface area contributed by atoms with Crippen LogP contribution in [0.4, 0.5) is 0 Å². The van der Waals surface area contributed by atoms with Crippen LogP contribution < -0.4 is 15.5 Å². The maximum Gasteiger partial charge on any atom is 0.329 e. The second kappa shape index (κ2) is 10.5. The molecule has 8 heteroatoms. The van der Waals surface area contributed by atoms with Crippen LogP contribution in [-0.4, -0.2) is 24.6 Å². The molecular weight excluding hydrogens is 389 g/mol. The topological polar surface area (TPSA) is 79.8 Å². The van der Waals surface area contributed by atoms with Gasteiger partial charge in [-0.25, -0.2) is 5.43 Å². The van der Waals surface area contributed by atoms with E-state index in [1.807, 2.05) is 13.0 Å². The molecule has 6 nitrogen and oxygen atoms in total. The van der Waals surface area contributed by atoms with Crippen LogP contribution in [-0.2, 0) is 16.2 Å². The Labute approximate surface area is 167 Å². The van der Waals surface area contributed by atoms with Crippen LogP contribution in [0.2, 0.25) is 10.0 Å². The van der Waals surface area contributed by atoms with Crippen molar-refractivity contribution in [3.05, 3.63) is 63.6 Å². The summed E-state index contributed by atoms with van der Waals surface area (Å²) in [5.74, 6) is -0.845. The van der Waals surface area contributed by atoms with Crippen LogP contribution >= 0.6 is 23.2 Å². The summed E-state index contributed by atoms with van der Waals surface area (Å²) in [7, 11) is 0. The quantitative estimate of drug-likeness (QED) is 0.418. The Kier molecular flexibility index (Phi) is 8.10. The molecule has 0 aliphatic heterocycles. The molecule has 2 N–H and O–H groups in total. The molecule has 142 valence electrons. The zero-order chi connectivity index (χ0) is 19.6. The SMILES string of the molecule is CCCNC(=O)C(=O)N/N=C\c1ccc(OCc2ccc(Cl)c(Cl)c2)cc1. The number of amides is 2. The number of halogens is 2. The van der Waals surface area contributed by atoms with Crippen molar-refractivity contribution < 1.29 is 14.3 Å². The van der Waals surface area contributed by atoms with Crippen LogP contribution in [0, 0.1) is 0 Å². The summed E-state index contributed by atoms with van der Waals surface area (Å²) in [5.41, 5.74) is 3.82. The Morgan fingerprint density at radius 1 is 1.07 bits per heavy atom. The average molecular weight is 408 g/mol. The summed E-state index contributed by atoms with van der Waals surface area (Å²) in [6, 6.07) is 12.4. The third-order valence-electron chi connectivity index (χ3n) is 3.39. The lowest BCUT2D eigenvalue weighted by Crippen LogP contribution is -2.38. The lowest BCUT2D eigenvalue weighted by atomic mass is 10.2. The van der Waals surface area contributed by atoms with E-state index in [4.69, 9.17) is 27.9 Å². The molecule has 2 amide bonds. The molecule has 0 saturated carbocycles. The van der Waals surface area contributed by atoms with Gasteiger partial charge in [0.15, 0.2) is 0 Å². The van der Waals surface area contributed by atoms with Crippen LogP contribution in [0.1, 0.15) is 24.5 Å². The van der Waals surface area contributed by atoms with Crippen molar-refractivity contribution in [3.8, 4) is 5.75 Å². The fraction of sp³-hybridized carbons (Fsp3) is 0.211. The lowest BCUT2D eigenvalue weighted by Gasteiger charge is -2.07. The average Bonchev–Trinajstić information content (AvgIpc) is 2.67. The van der Waals surface area contributed by atoms with Gasteiger partial charge in [0.2, 0.25) is 0 Å². The number of nitrogens with zero attached hydrogens (tertiary/aromatic N) is 1. The monoisotopic (exact) mass is 407 g/mol. The van der Waals surface area contributed by atoms with Gasteiger partial charge in [-0.05, 0) is 53.9 Å². The molecule has 0 aromatic heterocycles. The predicted octanol–water partition coefficient (Wildman–Crippen LogP) is 3.55. The van der Waals surface area contributed by atoms with Crippen molar-refractivity contribution in [2.45, 2.75) is 20.0 Å². The molecule has 2 rings (SSSR count). The molecule has 0 saturated heterocycles. The second-order valence-corrected chi connectivity index (χ2v) is 6.38. The van der Waals surface area contributed by atoms with Crippen molar-refractivity contribution in [3.63, 3.8) is 0 Å². The van der Waals surface area contributed by atoms with Crippen LogP contribution in [0.3, 0.4) is 0 Å². The molecular formula is C19H19Cl2N3O3. The van der Waals surface area contributed by atoms with E-state index in [2.05, 4.69) is 15.8 Å². The van der Waals surface area contributed by atoms with Gasteiger partial charge in [0.05, 0.1) is 16.3 Å². The van der Waals surface area contributed by atoms with Crippen molar-refractivity contribution in [1.29, 1.82) is 0 Å². The van der Waals surface area contributed by atoms with Gasteiger partial charge in [-0.1, -0.05) is 36.2 Å². The fourth-order valence-corrected chi connectivity index (χ4v) is 2.30. The van der Waals surface area contributed by atoms with Crippen molar-refractivity contribution in [2.24, 2.45) is 5.10 Å². The molecule has 2 aromatic carbocycles. The number of carbonyl (C=O) groups is 2. The fourth-order valence-electron chi connectivity index (χ4n) is 1.98. The lowest BCUT2D eigenvalue weighted by molar-refractivity contribution is -0.139. The van der Waals surface area contributed by atoms with Gasteiger partial charge in [0, 0.05) is 6.54 Å². The number of nitrogens with one attached hydrogen (secondary N) is 2. The van der Waals surface area contributed by atoms with Crippen molar-refractivity contribution in [1.82, 2.24) is 10.7 Å². The van der Waals surface area contributed by atoms with Gasteiger partial charge < -0.3 is 10.1 Å². The van der Waals surface area contributed by atoms with Crippen molar-refractivity contribution in [2.75, 3.05) is 6.54 Å². The highest BCUT2D eigenvalue weighted by atomic mass is 35.5. The van der Waals surface area contributed by atoms with Crippen molar-refractivity contribution >= 4 is 41.2 Å². The third-order valence-corrected chi connectivity index (χ3v) is 4.13. The number of hydrazone groups is 1. The zero-order valence-electron chi connectivity index (χ0n) is 14.7. The third kappa shape index (κ3) is 6.92. The Hall–Kier alpha value is -2.57. The first-order valence-corrected chi connectivity index (χ1v) is 9.03. The highest BCUT2D eigenvalue weighted by molar-refractivity contribution is 6.42. The molecule has 0 spiro atoms. The number of rotatable bonds is 7. The molecule has 0 atom stereocenters. The number of hydrogen-bond donors (Lipinski definition) is 2. The normalized spacial score (nSPS) is 10.6. The summed E-state index contributed by atoms with van der Waals surface area (Å²) in [4.78, 5) is 22.9. The largest absolute Gasteiger partial charge is 0.489 e. The molecule has 0 heterocycles. The summed E-state index contributed by atoms with van der Waals surface area (Å²) >= 11 is 11.9. The van der Waals surface area contributed by atoms with E-state index < -0.39 is 11.8 Å². The number of ether oxygens (including phenoxy) is 1. The zero-order valence-corrected chi connectivity index (χ0v) is 16.2. The minimum atomic E-state index is -0.804. The molecule has 0 bridgehead atoms. The molecule has 0 aliphatic carbocycles. The predicted molar refractivity (Wildman–Crippen MR) is 106 cm³/mol. The molecule has 0 unspecified atom stereocenters. The Bertz CT molecular complexity index is 823. The Morgan fingerprint density at radius 2 is 1.81 bits per heavy atom. The van der Waals surface area contributed by atoms with E-state index in [1.165, 1.54) is 6.21 Å². The summed E-state index contributed by atoms with van der Waals surface area (Å²) < 4.78 is 5.68. The summed E-state index contributed by atoms with van der Waals surface area (Å²) in [6.45, 7) is 2.70. The first-order chi connectivity index (χ1) is 13.0. The van der Waals surface area contributed by atoms with E-state index >= 15 is 0 Å². The van der Waals surface area contributed by atoms with Crippen LogP contribution in [0.15, 0.2) is 47.6 Å². The van der Waals surface area contributed by atoms with Gasteiger partial charge in [-0.2, -0.15) is 5.10 Å². The van der Waals surface area contributed by atoms with Crippen LogP contribution in [0.5, 0.6) is 5.75 Å². The van der Waals surface area contributed by atoms with Gasteiger partial charge in [0.1, 0.15) is 12.4 Å². The Morgan fingerprint density at radius 3 is 2.48 bits per heavy atom. The Balaban J connectivity index is 1.83. The minimum Gasteiger partial charge on any atom is -0.489 e. The summed E-state index contributed by atoms with van der Waals surface area (Å²) in [6.07, 6.45) is 2.19. The molecule has 0 radical (unpaired) electrons. The van der Waals surface area contributed by atoms with E-state index in [0.717, 1.165) is 17.5 Å². The second-order valence-electron chi connectivity index (χ2n) is 5.56. The molecule has 0 fully saturated rings. The van der Waals surface area contributed by atoms with E-state index in [9.17, 15) is 9.59 Å². The smallest absolute Gasteiger partial charge is 0.329 e. The maximum absolute atomic E-state index is 11.5. The first-order valence-electron chi connectivity index (χ1n) is 8.27. The highest BCUT2D eigenvalue weighted by Crippen LogP contribution is 2.23. The van der Waals surface area contributed by atoms with E-state index in [-0.39, 0.29) is 0 Å². The molecule has 0 aliphatic rings. The van der Waals surface area contributed by atoms with Crippen LogP contribution in [0.25, 0.3) is 0 Å². The standard InChI is InChI=1S/C19H19Cl2N3O3/c1-2-9-22-18(25)19(26)24-23-11-13-3-6-15(7-4-13)27-12-14-5-8-16(20)17(21)10-14/h3-8,10-11H,2,9,12H2,1H3,(H,22,25)(H,24,26)/b23-11-. The van der Waals surface area contributed by atoms with Gasteiger partial charge >= 0.3 is 11.8 Å².